The van der Waals surface area contributed by atoms with Gasteiger partial charge in [0.05, 0.1) is 22.7 Å². The molecule has 2 heterocycles. The summed E-state index contributed by atoms with van der Waals surface area (Å²) in [4.78, 5) is 4.36. The first-order valence-electron chi connectivity index (χ1n) is 10.00. The van der Waals surface area contributed by atoms with Crippen molar-refractivity contribution >= 4 is 11.6 Å². The van der Waals surface area contributed by atoms with Crippen LogP contribution in [0.1, 0.15) is 22.5 Å². The molecule has 0 spiro atoms. The highest BCUT2D eigenvalue weighted by Gasteiger charge is 2.42. The van der Waals surface area contributed by atoms with E-state index in [1.54, 1.807) is 10.9 Å². The van der Waals surface area contributed by atoms with Crippen LogP contribution >= 0.6 is 11.6 Å². The molecule has 6 heteroatoms. The average Bonchev–Trinajstić information content (AvgIpc) is 3.48. The van der Waals surface area contributed by atoms with E-state index >= 15 is 0 Å². The Morgan fingerprint density at radius 3 is 2.00 bits per heavy atom. The van der Waals surface area contributed by atoms with Gasteiger partial charge in [0.2, 0.25) is 0 Å². The number of imidazole rings is 1. The van der Waals surface area contributed by atoms with E-state index in [9.17, 15) is 0 Å². The fourth-order valence-corrected chi connectivity index (χ4v) is 4.41. The Morgan fingerprint density at radius 1 is 0.806 bits per heavy atom. The Morgan fingerprint density at radius 2 is 1.42 bits per heavy atom. The standard InChI is InChI=1S/C25H20ClN5/c1-19-24(28-29-31(19)23-15-9-8-14-22(23)26)25(30-17-16-27-18-30,20-10-4-2-5-11-20)21-12-6-3-7-13-21/h2-18H,1H3. The van der Waals surface area contributed by atoms with Crippen molar-refractivity contribution in [2.75, 3.05) is 0 Å². The Labute approximate surface area is 185 Å². The zero-order valence-electron chi connectivity index (χ0n) is 16.9. The molecule has 3 aromatic carbocycles. The molecule has 5 aromatic rings. The van der Waals surface area contributed by atoms with Crippen molar-refractivity contribution in [3.05, 3.63) is 131 Å². The third kappa shape index (κ3) is 3.05. The smallest absolute Gasteiger partial charge is 0.142 e. The molecule has 0 bridgehead atoms. The van der Waals surface area contributed by atoms with Crippen LogP contribution in [0.4, 0.5) is 0 Å². The molecule has 0 aliphatic rings. The maximum absolute atomic E-state index is 6.48. The van der Waals surface area contributed by atoms with Gasteiger partial charge in [-0.05, 0) is 30.2 Å². The molecule has 0 amide bonds. The summed E-state index contributed by atoms with van der Waals surface area (Å²) in [6.07, 6.45) is 5.58. The van der Waals surface area contributed by atoms with Gasteiger partial charge in [-0.1, -0.05) is 89.6 Å². The molecule has 0 N–H and O–H groups in total. The fraction of sp³-hybridized carbons (Fsp3) is 0.0800. The lowest BCUT2D eigenvalue weighted by atomic mass is 9.79. The molecule has 0 saturated carbocycles. The topological polar surface area (TPSA) is 48.5 Å². The number of halogens is 1. The summed E-state index contributed by atoms with van der Waals surface area (Å²) >= 11 is 6.48. The lowest BCUT2D eigenvalue weighted by molar-refractivity contribution is 0.496. The summed E-state index contributed by atoms with van der Waals surface area (Å²) in [6.45, 7) is 2.02. The van der Waals surface area contributed by atoms with Gasteiger partial charge in [-0.2, -0.15) is 0 Å². The first-order chi connectivity index (χ1) is 15.2. The van der Waals surface area contributed by atoms with Gasteiger partial charge in [0, 0.05) is 12.4 Å². The molecule has 0 unspecified atom stereocenters. The molecule has 0 saturated heterocycles. The highest BCUT2D eigenvalue weighted by Crippen LogP contribution is 2.41. The van der Waals surface area contributed by atoms with Crippen LogP contribution < -0.4 is 0 Å². The van der Waals surface area contributed by atoms with E-state index in [1.807, 2.05) is 80.1 Å². The summed E-state index contributed by atoms with van der Waals surface area (Å²) in [5.41, 5.74) is 3.88. The van der Waals surface area contributed by atoms with E-state index in [4.69, 9.17) is 16.7 Å². The second-order valence-corrected chi connectivity index (χ2v) is 7.71. The Bertz CT molecular complexity index is 1260. The minimum absolute atomic E-state index is 0.620. The predicted molar refractivity (Wildman–Crippen MR) is 121 cm³/mol. The van der Waals surface area contributed by atoms with Crippen LogP contribution in [0.2, 0.25) is 5.02 Å². The molecule has 0 fully saturated rings. The number of rotatable bonds is 5. The van der Waals surface area contributed by atoms with Crippen LogP contribution in [0.3, 0.4) is 0 Å². The van der Waals surface area contributed by atoms with Crippen LogP contribution in [0, 0.1) is 6.92 Å². The normalized spacial score (nSPS) is 11.5. The lowest BCUT2D eigenvalue weighted by Crippen LogP contribution is -2.38. The molecular weight excluding hydrogens is 406 g/mol. The Hall–Kier alpha value is -3.70. The van der Waals surface area contributed by atoms with Crippen molar-refractivity contribution in [2.45, 2.75) is 12.5 Å². The molecule has 152 valence electrons. The number of para-hydroxylation sites is 1. The summed E-state index contributed by atoms with van der Waals surface area (Å²) in [7, 11) is 0. The number of nitrogens with zero attached hydrogens (tertiary/aromatic N) is 5. The fourth-order valence-electron chi connectivity index (χ4n) is 4.19. The van der Waals surface area contributed by atoms with Crippen LogP contribution in [0.25, 0.3) is 5.69 Å². The van der Waals surface area contributed by atoms with Crippen molar-refractivity contribution in [3.8, 4) is 5.69 Å². The van der Waals surface area contributed by atoms with E-state index in [1.165, 1.54) is 0 Å². The molecule has 0 aliphatic carbocycles. The second kappa shape index (κ2) is 7.85. The second-order valence-electron chi connectivity index (χ2n) is 7.30. The van der Waals surface area contributed by atoms with Crippen molar-refractivity contribution in [3.63, 3.8) is 0 Å². The quantitative estimate of drug-likeness (QED) is 0.385. The average molecular weight is 426 g/mol. The van der Waals surface area contributed by atoms with Gasteiger partial charge in [0.1, 0.15) is 11.2 Å². The molecule has 0 aliphatic heterocycles. The zero-order chi connectivity index (χ0) is 21.3. The Kier molecular flexibility index (Phi) is 4.88. The maximum Gasteiger partial charge on any atom is 0.142 e. The van der Waals surface area contributed by atoms with Gasteiger partial charge in [0.25, 0.3) is 0 Å². The minimum atomic E-state index is -0.747. The highest BCUT2D eigenvalue weighted by atomic mass is 35.5. The molecular formula is C25H20ClN5. The van der Waals surface area contributed by atoms with Crippen molar-refractivity contribution < 1.29 is 0 Å². The zero-order valence-corrected chi connectivity index (χ0v) is 17.7. The summed E-state index contributed by atoms with van der Waals surface area (Å²) in [5.74, 6) is 0. The molecule has 2 aromatic heterocycles. The lowest BCUT2D eigenvalue weighted by Gasteiger charge is -2.35. The van der Waals surface area contributed by atoms with Crippen LogP contribution in [-0.2, 0) is 5.54 Å². The highest BCUT2D eigenvalue weighted by molar-refractivity contribution is 6.32. The predicted octanol–water partition coefficient (Wildman–Crippen LogP) is 5.27. The number of hydrogen-bond donors (Lipinski definition) is 0. The van der Waals surface area contributed by atoms with Gasteiger partial charge >= 0.3 is 0 Å². The van der Waals surface area contributed by atoms with E-state index < -0.39 is 5.54 Å². The van der Waals surface area contributed by atoms with E-state index in [2.05, 4.69) is 39.0 Å². The summed E-state index contributed by atoms with van der Waals surface area (Å²) < 4.78 is 3.89. The van der Waals surface area contributed by atoms with Crippen molar-refractivity contribution in [1.82, 2.24) is 24.5 Å². The van der Waals surface area contributed by atoms with Gasteiger partial charge in [-0.3, -0.25) is 0 Å². The van der Waals surface area contributed by atoms with Gasteiger partial charge < -0.3 is 4.57 Å². The first-order valence-corrected chi connectivity index (χ1v) is 10.4. The van der Waals surface area contributed by atoms with E-state index in [0.717, 1.165) is 28.2 Å². The number of aromatic nitrogens is 5. The van der Waals surface area contributed by atoms with Crippen LogP contribution in [0.15, 0.2) is 104 Å². The number of benzene rings is 3. The van der Waals surface area contributed by atoms with Gasteiger partial charge in [-0.15, -0.1) is 5.10 Å². The van der Waals surface area contributed by atoms with Crippen molar-refractivity contribution in [1.29, 1.82) is 0 Å². The Balaban J connectivity index is 1.86. The molecule has 5 rings (SSSR count). The summed E-state index contributed by atoms with van der Waals surface area (Å²) in [6, 6.07) is 28.3. The number of hydrogen-bond acceptors (Lipinski definition) is 3. The molecule has 31 heavy (non-hydrogen) atoms. The minimum Gasteiger partial charge on any atom is -0.317 e. The van der Waals surface area contributed by atoms with Crippen LogP contribution in [0.5, 0.6) is 0 Å². The van der Waals surface area contributed by atoms with Crippen molar-refractivity contribution in [2.24, 2.45) is 0 Å². The van der Waals surface area contributed by atoms with Gasteiger partial charge in [0.15, 0.2) is 0 Å². The first kappa shape index (κ1) is 19.3. The third-order valence-corrected chi connectivity index (χ3v) is 5.91. The summed E-state index contributed by atoms with van der Waals surface area (Å²) in [5, 5.41) is 9.86. The molecule has 5 nitrogen and oxygen atoms in total. The van der Waals surface area contributed by atoms with Crippen LogP contribution in [-0.4, -0.2) is 24.5 Å². The maximum atomic E-state index is 6.48. The van der Waals surface area contributed by atoms with E-state index in [0.29, 0.717) is 5.02 Å². The van der Waals surface area contributed by atoms with E-state index in [-0.39, 0.29) is 0 Å². The monoisotopic (exact) mass is 425 g/mol. The third-order valence-electron chi connectivity index (χ3n) is 5.59. The van der Waals surface area contributed by atoms with Gasteiger partial charge in [-0.25, -0.2) is 9.67 Å². The largest absolute Gasteiger partial charge is 0.317 e. The SMILES string of the molecule is Cc1c(C(c2ccccc2)(c2ccccc2)n2ccnc2)nnn1-c1ccccc1Cl. The molecule has 0 radical (unpaired) electrons. The molecule has 0 atom stereocenters.